The first kappa shape index (κ1) is 22.6. The molecule has 2 aromatic rings. The summed E-state index contributed by atoms with van der Waals surface area (Å²) in [4.78, 5) is 18.2. The van der Waals surface area contributed by atoms with E-state index in [9.17, 15) is 13.2 Å². The van der Waals surface area contributed by atoms with Gasteiger partial charge in [-0.15, -0.1) is 0 Å². The van der Waals surface area contributed by atoms with E-state index >= 15 is 0 Å². The minimum absolute atomic E-state index is 0.0469. The Bertz CT molecular complexity index is 1110. The SMILES string of the molecule is CN1CCN(C(=O)C2CCN(S(=O)(=O)c3ccc4c(c3)CCC4)CC2)[C@H](c2ccccc2)C1. The third kappa shape index (κ3) is 4.46. The van der Waals surface area contributed by atoms with Crippen LogP contribution >= 0.6 is 0 Å². The van der Waals surface area contributed by atoms with Gasteiger partial charge in [0.15, 0.2) is 0 Å². The lowest BCUT2D eigenvalue weighted by Crippen LogP contribution is -2.52. The molecular formula is C26H33N3O3S. The van der Waals surface area contributed by atoms with Crippen LogP contribution in [0.5, 0.6) is 0 Å². The van der Waals surface area contributed by atoms with Crippen molar-refractivity contribution in [3.05, 3.63) is 65.2 Å². The monoisotopic (exact) mass is 467 g/mol. The summed E-state index contributed by atoms with van der Waals surface area (Å²) in [5, 5.41) is 0. The number of nitrogens with zero attached hydrogens (tertiary/aromatic N) is 3. The van der Waals surface area contributed by atoms with E-state index in [2.05, 4.69) is 24.1 Å². The average Bonchev–Trinajstić information content (AvgIpc) is 3.32. The van der Waals surface area contributed by atoms with Crippen LogP contribution < -0.4 is 0 Å². The highest BCUT2D eigenvalue weighted by Gasteiger charge is 2.37. The fraction of sp³-hybridized carbons (Fsp3) is 0.500. The van der Waals surface area contributed by atoms with Gasteiger partial charge < -0.3 is 9.80 Å². The molecule has 5 rings (SSSR count). The van der Waals surface area contributed by atoms with Gasteiger partial charge in [0, 0.05) is 38.6 Å². The number of piperidine rings is 1. The molecule has 0 unspecified atom stereocenters. The second-order valence-corrected chi connectivity index (χ2v) is 11.6. The molecule has 0 aromatic heterocycles. The largest absolute Gasteiger partial charge is 0.333 e. The van der Waals surface area contributed by atoms with Gasteiger partial charge in [-0.1, -0.05) is 36.4 Å². The van der Waals surface area contributed by atoms with E-state index in [1.165, 1.54) is 11.1 Å². The molecule has 0 bridgehead atoms. The fourth-order valence-corrected chi connectivity index (χ4v) is 7.10. The lowest BCUT2D eigenvalue weighted by atomic mass is 9.94. The molecule has 7 heteroatoms. The predicted molar refractivity (Wildman–Crippen MR) is 128 cm³/mol. The molecule has 6 nitrogen and oxygen atoms in total. The van der Waals surface area contributed by atoms with Crippen LogP contribution in [0, 0.1) is 5.92 Å². The molecule has 0 spiro atoms. The summed E-state index contributed by atoms with van der Waals surface area (Å²) in [6, 6.07) is 15.9. The van der Waals surface area contributed by atoms with E-state index in [1.54, 1.807) is 10.4 Å². The van der Waals surface area contributed by atoms with E-state index < -0.39 is 10.0 Å². The Labute approximate surface area is 197 Å². The number of benzene rings is 2. The maximum atomic E-state index is 13.5. The van der Waals surface area contributed by atoms with E-state index in [0.29, 0.717) is 37.4 Å². The molecule has 1 amide bonds. The zero-order valence-corrected chi connectivity index (χ0v) is 20.1. The molecular weight excluding hydrogens is 434 g/mol. The first-order chi connectivity index (χ1) is 15.9. The Kier molecular flexibility index (Phi) is 6.29. The molecule has 1 aliphatic carbocycles. The van der Waals surface area contributed by atoms with Crippen molar-refractivity contribution >= 4 is 15.9 Å². The molecule has 2 aromatic carbocycles. The van der Waals surface area contributed by atoms with Gasteiger partial charge in [0.05, 0.1) is 10.9 Å². The second kappa shape index (κ2) is 9.20. The lowest BCUT2D eigenvalue weighted by molar-refractivity contribution is -0.141. The molecule has 176 valence electrons. The summed E-state index contributed by atoms with van der Waals surface area (Å²) in [6.07, 6.45) is 4.26. The van der Waals surface area contributed by atoms with Crippen molar-refractivity contribution in [3.8, 4) is 0 Å². The maximum Gasteiger partial charge on any atom is 0.243 e. The van der Waals surface area contributed by atoms with Crippen molar-refractivity contribution in [2.45, 2.75) is 43.0 Å². The first-order valence-corrected chi connectivity index (χ1v) is 13.5. The number of carbonyl (C=O) groups excluding carboxylic acids is 1. The van der Waals surface area contributed by atoms with Crippen LogP contribution in [-0.4, -0.2) is 68.2 Å². The summed E-state index contributed by atoms with van der Waals surface area (Å²) in [6.45, 7) is 3.20. The van der Waals surface area contributed by atoms with Gasteiger partial charge in [0.25, 0.3) is 0 Å². The van der Waals surface area contributed by atoms with Crippen LogP contribution in [0.2, 0.25) is 0 Å². The number of aryl methyl sites for hydroxylation is 2. The van der Waals surface area contributed by atoms with Gasteiger partial charge in [-0.3, -0.25) is 4.79 Å². The van der Waals surface area contributed by atoms with Gasteiger partial charge in [-0.05, 0) is 68.0 Å². The van der Waals surface area contributed by atoms with E-state index in [4.69, 9.17) is 0 Å². The van der Waals surface area contributed by atoms with Crippen LogP contribution in [0.3, 0.4) is 0 Å². The lowest BCUT2D eigenvalue weighted by Gasteiger charge is -2.43. The van der Waals surface area contributed by atoms with Crippen molar-refractivity contribution in [2.24, 2.45) is 5.92 Å². The van der Waals surface area contributed by atoms with E-state index in [0.717, 1.165) is 37.9 Å². The molecule has 2 saturated heterocycles. The van der Waals surface area contributed by atoms with Crippen molar-refractivity contribution in [3.63, 3.8) is 0 Å². The zero-order valence-electron chi connectivity index (χ0n) is 19.3. The predicted octanol–water partition coefficient (Wildman–Crippen LogP) is 3.09. The molecule has 3 aliphatic rings. The van der Waals surface area contributed by atoms with E-state index in [-0.39, 0.29) is 17.9 Å². The van der Waals surface area contributed by atoms with Crippen molar-refractivity contribution in [1.29, 1.82) is 0 Å². The number of fused-ring (bicyclic) bond motifs is 1. The summed E-state index contributed by atoms with van der Waals surface area (Å²) in [5.41, 5.74) is 3.61. The van der Waals surface area contributed by atoms with Crippen LogP contribution in [0.25, 0.3) is 0 Å². The Morgan fingerprint density at radius 1 is 0.909 bits per heavy atom. The first-order valence-electron chi connectivity index (χ1n) is 12.1. The summed E-state index contributed by atoms with van der Waals surface area (Å²) in [7, 11) is -1.42. The number of piperazine rings is 1. The Hall–Kier alpha value is -2.22. The standard InChI is InChI=1S/C26H33N3O3S/c1-27-16-17-29(25(19-27)21-6-3-2-4-7-21)26(30)22-12-14-28(15-13-22)33(31,32)24-11-10-20-8-5-9-23(20)18-24/h2-4,6-7,10-11,18,22,25H,5,8-9,12-17,19H2,1H3/t25-/m0/s1. The molecule has 1 atom stereocenters. The molecule has 2 heterocycles. The maximum absolute atomic E-state index is 13.5. The second-order valence-electron chi connectivity index (χ2n) is 9.68. The number of amides is 1. The van der Waals surface area contributed by atoms with Gasteiger partial charge in [0.2, 0.25) is 15.9 Å². The zero-order chi connectivity index (χ0) is 23.0. The molecule has 0 saturated carbocycles. The van der Waals surface area contributed by atoms with Crippen LogP contribution in [0.1, 0.15) is 42.0 Å². The quantitative estimate of drug-likeness (QED) is 0.693. The average molecular weight is 468 g/mol. The molecule has 2 fully saturated rings. The van der Waals surface area contributed by atoms with Crippen LogP contribution in [0.4, 0.5) is 0 Å². The van der Waals surface area contributed by atoms with Crippen molar-refractivity contribution in [2.75, 3.05) is 39.8 Å². The van der Waals surface area contributed by atoms with Crippen LogP contribution in [0.15, 0.2) is 53.4 Å². The van der Waals surface area contributed by atoms with Gasteiger partial charge in [0.1, 0.15) is 0 Å². The smallest absolute Gasteiger partial charge is 0.243 e. The number of likely N-dealkylation sites (N-methyl/N-ethyl adjacent to an activating group) is 1. The van der Waals surface area contributed by atoms with Crippen molar-refractivity contribution in [1.82, 2.24) is 14.1 Å². The van der Waals surface area contributed by atoms with Gasteiger partial charge in [-0.25, -0.2) is 8.42 Å². The molecule has 0 radical (unpaired) electrons. The fourth-order valence-electron chi connectivity index (χ4n) is 5.58. The summed E-state index contributed by atoms with van der Waals surface area (Å²) in [5.74, 6) is 0.0534. The van der Waals surface area contributed by atoms with Crippen LogP contribution in [-0.2, 0) is 27.7 Å². The number of hydrogen-bond acceptors (Lipinski definition) is 4. The number of rotatable bonds is 4. The molecule has 2 aliphatic heterocycles. The third-order valence-electron chi connectivity index (χ3n) is 7.56. The highest BCUT2D eigenvalue weighted by atomic mass is 32.2. The summed E-state index contributed by atoms with van der Waals surface area (Å²) < 4.78 is 28.1. The Morgan fingerprint density at radius 3 is 2.39 bits per heavy atom. The molecule has 0 N–H and O–H groups in total. The van der Waals surface area contributed by atoms with E-state index in [1.807, 2.05) is 35.2 Å². The number of sulfonamides is 1. The Morgan fingerprint density at radius 2 is 1.64 bits per heavy atom. The normalized spacial score (nSPS) is 22.9. The Balaban J connectivity index is 1.27. The molecule has 33 heavy (non-hydrogen) atoms. The summed E-state index contributed by atoms with van der Waals surface area (Å²) >= 11 is 0. The third-order valence-corrected chi connectivity index (χ3v) is 9.46. The van der Waals surface area contributed by atoms with Crippen molar-refractivity contribution < 1.29 is 13.2 Å². The number of carbonyl (C=O) groups is 1. The van der Waals surface area contributed by atoms with Gasteiger partial charge >= 0.3 is 0 Å². The topological polar surface area (TPSA) is 60.9 Å². The minimum atomic E-state index is -3.52. The van der Waals surface area contributed by atoms with Gasteiger partial charge in [-0.2, -0.15) is 4.31 Å². The highest BCUT2D eigenvalue weighted by molar-refractivity contribution is 7.89. The highest BCUT2D eigenvalue weighted by Crippen LogP contribution is 2.32. The number of hydrogen-bond donors (Lipinski definition) is 0. The minimum Gasteiger partial charge on any atom is -0.333 e.